The van der Waals surface area contributed by atoms with Crippen molar-refractivity contribution < 1.29 is 14.3 Å². The molecule has 2 heterocycles. The van der Waals surface area contributed by atoms with Crippen LogP contribution in [0.2, 0.25) is 0 Å². The van der Waals surface area contributed by atoms with E-state index in [1.807, 2.05) is 66.7 Å². The van der Waals surface area contributed by atoms with Crippen molar-refractivity contribution in [3.63, 3.8) is 0 Å². The molecule has 1 aromatic heterocycles. The second-order valence-electron chi connectivity index (χ2n) is 6.93. The summed E-state index contributed by atoms with van der Waals surface area (Å²) < 4.78 is 5.69. The zero-order valence-electron chi connectivity index (χ0n) is 16.1. The minimum atomic E-state index is -0.125. The lowest BCUT2D eigenvalue weighted by molar-refractivity contribution is -0.133. The summed E-state index contributed by atoms with van der Waals surface area (Å²) in [6, 6.07) is 21.1. The lowest BCUT2D eigenvalue weighted by Crippen LogP contribution is -2.32. The molecule has 0 bridgehead atoms. The van der Waals surface area contributed by atoms with Crippen LogP contribution >= 0.6 is 0 Å². The number of rotatable bonds is 4. The maximum absolute atomic E-state index is 12.5. The number of benzene rings is 2. The molecule has 0 radical (unpaired) electrons. The highest BCUT2D eigenvalue weighted by Crippen LogP contribution is 2.28. The Kier molecular flexibility index (Phi) is 5.24. The van der Waals surface area contributed by atoms with E-state index < -0.39 is 0 Å². The van der Waals surface area contributed by atoms with E-state index in [2.05, 4.69) is 5.32 Å². The van der Waals surface area contributed by atoms with Crippen molar-refractivity contribution in [2.75, 3.05) is 11.9 Å². The number of hydrogen-bond donors (Lipinski definition) is 1. The van der Waals surface area contributed by atoms with Gasteiger partial charge in [0.2, 0.25) is 5.91 Å². The maximum atomic E-state index is 12.5. The number of nitrogens with one attached hydrogen (secondary N) is 1. The van der Waals surface area contributed by atoms with Gasteiger partial charge in [0.1, 0.15) is 11.4 Å². The molecule has 0 saturated heterocycles. The highest BCUT2D eigenvalue weighted by Gasteiger charge is 2.23. The van der Waals surface area contributed by atoms with Crippen molar-refractivity contribution in [2.24, 2.45) is 0 Å². The lowest BCUT2D eigenvalue weighted by atomic mass is 10.1. The van der Waals surface area contributed by atoms with Gasteiger partial charge in [-0.2, -0.15) is 0 Å². The Balaban J connectivity index is 1.62. The molecule has 6 heteroatoms. The molecule has 1 aliphatic heterocycles. The Morgan fingerprint density at radius 1 is 1.10 bits per heavy atom. The molecular weight excluding hydrogens is 366 g/mol. The Hall–Kier alpha value is -3.67. The first-order valence-electron chi connectivity index (χ1n) is 9.41. The minimum absolute atomic E-state index is 0.00111. The molecule has 0 saturated carbocycles. The summed E-state index contributed by atoms with van der Waals surface area (Å²) in [5, 5.41) is 2.78. The zero-order chi connectivity index (χ0) is 20.2. The normalized spacial score (nSPS) is 13.3. The fourth-order valence-corrected chi connectivity index (χ4v) is 3.30. The summed E-state index contributed by atoms with van der Waals surface area (Å²) in [5.41, 5.74) is 4.12. The van der Waals surface area contributed by atoms with Crippen LogP contribution in [0.1, 0.15) is 18.2 Å². The molecule has 6 nitrogen and oxygen atoms in total. The van der Waals surface area contributed by atoms with E-state index in [1.54, 1.807) is 4.90 Å². The summed E-state index contributed by atoms with van der Waals surface area (Å²) in [7, 11) is 0. The van der Waals surface area contributed by atoms with Crippen molar-refractivity contribution in [3.8, 4) is 17.0 Å². The Bertz CT molecular complexity index is 1050. The summed E-state index contributed by atoms with van der Waals surface area (Å²) in [5.74, 6) is 0.428. The molecule has 2 aromatic carbocycles. The summed E-state index contributed by atoms with van der Waals surface area (Å²) in [6.45, 7) is 2.36. The predicted molar refractivity (Wildman–Crippen MR) is 110 cm³/mol. The van der Waals surface area contributed by atoms with Gasteiger partial charge < -0.3 is 15.0 Å². The van der Waals surface area contributed by atoms with Gasteiger partial charge >= 0.3 is 0 Å². The van der Waals surface area contributed by atoms with Crippen molar-refractivity contribution in [3.05, 3.63) is 78.0 Å². The second kappa shape index (κ2) is 8.14. The van der Waals surface area contributed by atoms with Crippen molar-refractivity contribution in [1.82, 2.24) is 9.88 Å². The third-order valence-electron chi connectivity index (χ3n) is 4.67. The van der Waals surface area contributed by atoms with E-state index in [0.717, 1.165) is 16.8 Å². The third kappa shape index (κ3) is 4.43. The molecule has 4 rings (SSSR count). The number of carbonyl (C=O) groups is 2. The van der Waals surface area contributed by atoms with Gasteiger partial charge in [0.25, 0.3) is 5.91 Å². The number of anilines is 1. The predicted octanol–water partition coefficient (Wildman–Crippen LogP) is 3.63. The number of pyridine rings is 1. The van der Waals surface area contributed by atoms with Crippen molar-refractivity contribution in [2.45, 2.75) is 20.0 Å². The number of nitrogens with zero attached hydrogens (tertiary/aromatic N) is 2. The van der Waals surface area contributed by atoms with Crippen LogP contribution in [-0.4, -0.2) is 28.3 Å². The summed E-state index contributed by atoms with van der Waals surface area (Å²) in [4.78, 5) is 30.4. The number of amides is 2. The molecule has 29 heavy (non-hydrogen) atoms. The van der Waals surface area contributed by atoms with Gasteiger partial charge in [0, 0.05) is 24.7 Å². The van der Waals surface area contributed by atoms with E-state index in [1.165, 1.54) is 6.92 Å². The highest BCUT2D eigenvalue weighted by molar-refractivity contribution is 5.89. The largest absolute Gasteiger partial charge is 0.482 e. The first-order valence-corrected chi connectivity index (χ1v) is 9.41. The Morgan fingerprint density at radius 2 is 1.93 bits per heavy atom. The quantitative estimate of drug-likeness (QED) is 0.742. The van der Waals surface area contributed by atoms with Gasteiger partial charge in [-0.15, -0.1) is 0 Å². The molecule has 146 valence electrons. The number of fused-ring (bicyclic) bond motifs is 1. The minimum Gasteiger partial charge on any atom is -0.482 e. The molecule has 2 amide bonds. The van der Waals surface area contributed by atoms with E-state index in [-0.39, 0.29) is 18.4 Å². The third-order valence-corrected chi connectivity index (χ3v) is 4.67. The fourth-order valence-electron chi connectivity index (χ4n) is 3.30. The maximum Gasteiger partial charge on any atom is 0.261 e. The van der Waals surface area contributed by atoms with Crippen LogP contribution in [0.4, 0.5) is 5.69 Å². The first kappa shape index (κ1) is 18.7. The molecule has 3 aromatic rings. The van der Waals surface area contributed by atoms with Gasteiger partial charge in [-0.25, -0.2) is 4.98 Å². The molecule has 0 atom stereocenters. The molecular formula is C23H21N3O3. The van der Waals surface area contributed by atoms with Gasteiger partial charge in [-0.1, -0.05) is 42.5 Å². The smallest absolute Gasteiger partial charge is 0.261 e. The molecule has 1 N–H and O–H groups in total. The fraction of sp³-hybridized carbons (Fsp3) is 0.174. The van der Waals surface area contributed by atoms with E-state index in [0.29, 0.717) is 30.2 Å². The molecule has 0 unspecified atom stereocenters. The van der Waals surface area contributed by atoms with Crippen LogP contribution in [0.3, 0.4) is 0 Å². The van der Waals surface area contributed by atoms with Gasteiger partial charge in [0.05, 0.1) is 12.2 Å². The number of hydrogen-bond acceptors (Lipinski definition) is 4. The Labute approximate surface area is 169 Å². The van der Waals surface area contributed by atoms with Crippen LogP contribution in [-0.2, 0) is 22.7 Å². The zero-order valence-corrected chi connectivity index (χ0v) is 16.1. The van der Waals surface area contributed by atoms with Crippen LogP contribution in [0, 0.1) is 0 Å². The van der Waals surface area contributed by atoms with E-state index in [9.17, 15) is 9.59 Å². The molecule has 0 aliphatic carbocycles. The summed E-state index contributed by atoms with van der Waals surface area (Å²) in [6.07, 6.45) is 0. The number of ether oxygens (including phenoxy) is 1. The SMILES string of the molecule is CC(=O)Nc1cccc(-c2ccc3c(n2)CN(Cc2ccccc2)C(=O)CO3)c1. The lowest BCUT2D eigenvalue weighted by Gasteiger charge is -2.19. The molecule has 1 aliphatic rings. The molecule has 0 spiro atoms. The average Bonchev–Trinajstić information content (AvgIpc) is 2.87. The number of aromatic nitrogens is 1. The number of carbonyl (C=O) groups excluding carboxylic acids is 2. The van der Waals surface area contributed by atoms with E-state index in [4.69, 9.17) is 9.72 Å². The first-order chi connectivity index (χ1) is 14.1. The second-order valence-corrected chi connectivity index (χ2v) is 6.93. The highest BCUT2D eigenvalue weighted by atomic mass is 16.5. The topological polar surface area (TPSA) is 71.5 Å². The van der Waals surface area contributed by atoms with Crippen molar-refractivity contribution in [1.29, 1.82) is 0 Å². The average molecular weight is 387 g/mol. The van der Waals surface area contributed by atoms with Crippen LogP contribution in [0.25, 0.3) is 11.3 Å². The Morgan fingerprint density at radius 3 is 2.72 bits per heavy atom. The van der Waals surface area contributed by atoms with Gasteiger partial charge in [-0.05, 0) is 29.8 Å². The van der Waals surface area contributed by atoms with Crippen LogP contribution < -0.4 is 10.1 Å². The monoisotopic (exact) mass is 387 g/mol. The van der Waals surface area contributed by atoms with Crippen LogP contribution in [0.15, 0.2) is 66.7 Å². The molecule has 0 fully saturated rings. The van der Waals surface area contributed by atoms with Gasteiger partial charge in [-0.3, -0.25) is 9.59 Å². The van der Waals surface area contributed by atoms with Crippen LogP contribution in [0.5, 0.6) is 5.75 Å². The van der Waals surface area contributed by atoms with Gasteiger partial charge in [0.15, 0.2) is 6.61 Å². The van der Waals surface area contributed by atoms with Crippen molar-refractivity contribution >= 4 is 17.5 Å². The summed E-state index contributed by atoms with van der Waals surface area (Å²) >= 11 is 0. The van der Waals surface area contributed by atoms with E-state index >= 15 is 0 Å². The standard InChI is InChI=1S/C23H21N3O3/c1-16(27)24-19-9-5-8-18(12-19)20-10-11-22-21(25-20)14-26(23(28)15-29-22)13-17-6-3-2-4-7-17/h2-12H,13-15H2,1H3,(H,24,27).